The van der Waals surface area contributed by atoms with E-state index >= 15 is 0 Å². The number of nitrogens with zero attached hydrogens (tertiary/aromatic N) is 3. The summed E-state index contributed by atoms with van der Waals surface area (Å²) in [6.07, 6.45) is 3.77. The fourth-order valence-corrected chi connectivity index (χ4v) is 2.49. The molecule has 1 aromatic heterocycles. The van der Waals surface area contributed by atoms with Gasteiger partial charge in [-0.25, -0.2) is 13.8 Å². The van der Waals surface area contributed by atoms with Gasteiger partial charge in [0.1, 0.15) is 23.4 Å². The predicted octanol–water partition coefficient (Wildman–Crippen LogP) is 3.40. The quantitative estimate of drug-likeness (QED) is 0.849. The normalized spacial score (nSPS) is 14.1. The Bertz CT molecular complexity index is 720. The Morgan fingerprint density at radius 2 is 2.00 bits per heavy atom. The number of pyridine rings is 1. The standard InChI is InChI=1S/C17H15F2N3/c18-14-2-1-13(17(19)8-14)11-22(16-3-4-16)10-12-5-6-21-15(7-12)9-20/h1-2,5-8,16H,3-4,10-11H2. The molecule has 0 radical (unpaired) electrons. The highest BCUT2D eigenvalue weighted by Gasteiger charge is 2.29. The Morgan fingerprint density at radius 1 is 1.18 bits per heavy atom. The Labute approximate surface area is 127 Å². The van der Waals surface area contributed by atoms with E-state index in [0.717, 1.165) is 24.5 Å². The van der Waals surface area contributed by atoms with E-state index in [-0.39, 0.29) is 0 Å². The molecule has 3 nitrogen and oxygen atoms in total. The summed E-state index contributed by atoms with van der Waals surface area (Å²) in [5, 5.41) is 8.90. The van der Waals surface area contributed by atoms with Gasteiger partial charge >= 0.3 is 0 Å². The molecule has 1 aromatic carbocycles. The van der Waals surface area contributed by atoms with Gasteiger partial charge in [0.2, 0.25) is 0 Å². The van der Waals surface area contributed by atoms with Crippen LogP contribution < -0.4 is 0 Å². The minimum absolute atomic E-state index is 0.376. The lowest BCUT2D eigenvalue weighted by Crippen LogP contribution is -2.25. The highest BCUT2D eigenvalue weighted by molar-refractivity contribution is 5.26. The number of hydrogen-bond acceptors (Lipinski definition) is 3. The Balaban J connectivity index is 1.77. The van der Waals surface area contributed by atoms with Crippen molar-refractivity contribution in [3.63, 3.8) is 0 Å². The zero-order chi connectivity index (χ0) is 15.5. The molecule has 0 bridgehead atoms. The van der Waals surface area contributed by atoms with Crippen molar-refractivity contribution < 1.29 is 8.78 Å². The summed E-state index contributed by atoms with van der Waals surface area (Å²) < 4.78 is 26.8. The van der Waals surface area contributed by atoms with E-state index in [1.807, 2.05) is 12.1 Å². The summed E-state index contributed by atoms with van der Waals surface area (Å²) in [7, 11) is 0. The molecule has 1 saturated carbocycles. The minimum Gasteiger partial charge on any atom is -0.292 e. The molecule has 0 unspecified atom stereocenters. The van der Waals surface area contributed by atoms with Gasteiger partial charge < -0.3 is 0 Å². The highest BCUT2D eigenvalue weighted by Crippen LogP contribution is 2.30. The second-order valence-electron chi connectivity index (χ2n) is 5.53. The van der Waals surface area contributed by atoms with Gasteiger partial charge in [-0.05, 0) is 36.6 Å². The zero-order valence-corrected chi connectivity index (χ0v) is 12.0. The molecule has 5 heteroatoms. The topological polar surface area (TPSA) is 39.9 Å². The van der Waals surface area contributed by atoms with Crippen LogP contribution in [0.25, 0.3) is 0 Å². The van der Waals surface area contributed by atoms with Gasteiger partial charge in [-0.2, -0.15) is 5.26 Å². The van der Waals surface area contributed by atoms with Gasteiger partial charge in [0.05, 0.1) is 0 Å². The first kappa shape index (κ1) is 14.6. The van der Waals surface area contributed by atoms with Crippen LogP contribution in [-0.2, 0) is 13.1 Å². The summed E-state index contributed by atoms with van der Waals surface area (Å²) in [6.45, 7) is 1.06. The molecule has 0 saturated heterocycles. The van der Waals surface area contributed by atoms with Gasteiger partial charge in [0, 0.05) is 37.0 Å². The third-order valence-corrected chi connectivity index (χ3v) is 3.78. The van der Waals surface area contributed by atoms with Crippen molar-refractivity contribution in [1.82, 2.24) is 9.88 Å². The SMILES string of the molecule is N#Cc1cc(CN(Cc2ccc(F)cc2F)C2CC2)ccn1. The van der Waals surface area contributed by atoms with Crippen molar-refractivity contribution in [3.8, 4) is 6.07 Å². The molecule has 22 heavy (non-hydrogen) atoms. The van der Waals surface area contributed by atoms with Crippen LogP contribution in [0.4, 0.5) is 8.78 Å². The number of nitriles is 1. The molecule has 112 valence electrons. The average Bonchev–Trinajstić information content (AvgIpc) is 3.34. The van der Waals surface area contributed by atoms with E-state index in [1.165, 1.54) is 12.1 Å². The van der Waals surface area contributed by atoms with Gasteiger partial charge in [0.25, 0.3) is 0 Å². The number of hydrogen-bond donors (Lipinski definition) is 0. The second-order valence-corrected chi connectivity index (χ2v) is 5.53. The summed E-state index contributed by atoms with van der Waals surface area (Å²) in [4.78, 5) is 6.11. The number of benzene rings is 1. The first-order chi connectivity index (χ1) is 10.7. The van der Waals surface area contributed by atoms with Crippen LogP contribution in [-0.4, -0.2) is 15.9 Å². The van der Waals surface area contributed by atoms with Crippen LogP contribution in [0.2, 0.25) is 0 Å². The summed E-state index contributed by atoms with van der Waals surface area (Å²) in [5.41, 5.74) is 1.84. The third-order valence-electron chi connectivity index (χ3n) is 3.78. The van der Waals surface area contributed by atoms with E-state index in [1.54, 1.807) is 12.3 Å². The van der Waals surface area contributed by atoms with Crippen molar-refractivity contribution >= 4 is 0 Å². The maximum Gasteiger partial charge on any atom is 0.140 e. The number of halogens is 2. The van der Waals surface area contributed by atoms with Crippen molar-refractivity contribution in [1.29, 1.82) is 5.26 Å². The van der Waals surface area contributed by atoms with E-state index < -0.39 is 11.6 Å². The van der Waals surface area contributed by atoms with Crippen LogP contribution in [0.1, 0.15) is 29.7 Å². The van der Waals surface area contributed by atoms with Crippen molar-refractivity contribution in [3.05, 3.63) is 65.0 Å². The molecular formula is C17H15F2N3. The van der Waals surface area contributed by atoms with Crippen LogP contribution in [0.5, 0.6) is 0 Å². The lowest BCUT2D eigenvalue weighted by atomic mass is 10.1. The first-order valence-corrected chi connectivity index (χ1v) is 7.19. The van der Waals surface area contributed by atoms with E-state index in [0.29, 0.717) is 30.4 Å². The maximum atomic E-state index is 13.8. The van der Waals surface area contributed by atoms with Crippen LogP contribution in [0.15, 0.2) is 36.5 Å². The van der Waals surface area contributed by atoms with Crippen LogP contribution >= 0.6 is 0 Å². The highest BCUT2D eigenvalue weighted by atomic mass is 19.1. The summed E-state index contributed by atoms with van der Waals surface area (Å²) in [6, 6.07) is 9.74. The van der Waals surface area contributed by atoms with E-state index in [9.17, 15) is 8.78 Å². The van der Waals surface area contributed by atoms with Crippen molar-refractivity contribution in [2.75, 3.05) is 0 Å². The molecule has 1 heterocycles. The Hall–Kier alpha value is -2.32. The van der Waals surface area contributed by atoms with Crippen LogP contribution in [0, 0.1) is 23.0 Å². The Kier molecular flexibility index (Phi) is 4.12. The van der Waals surface area contributed by atoms with Crippen LogP contribution in [0.3, 0.4) is 0 Å². The molecule has 0 aliphatic heterocycles. The maximum absolute atomic E-state index is 13.8. The monoisotopic (exact) mass is 299 g/mol. The first-order valence-electron chi connectivity index (χ1n) is 7.19. The molecule has 0 spiro atoms. The molecule has 0 N–H and O–H groups in total. The van der Waals surface area contributed by atoms with E-state index in [4.69, 9.17) is 5.26 Å². The largest absolute Gasteiger partial charge is 0.292 e. The Morgan fingerprint density at radius 3 is 2.68 bits per heavy atom. The van der Waals surface area contributed by atoms with Crippen molar-refractivity contribution in [2.45, 2.75) is 32.0 Å². The molecule has 3 rings (SSSR count). The van der Waals surface area contributed by atoms with Gasteiger partial charge in [-0.1, -0.05) is 6.07 Å². The summed E-state index contributed by atoms with van der Waals surface area (Å²) in [5.74, 6) is -1.08. The fraction of sp³-hybridized carbons (Fsp3) is 0.294. The smallest absolute Gasteiger partial charge is 0.140 e. The van der Waals surface area contributed by atoms with Gasteiger partial charge in [-0.15, -0.1) is 0 Å². The average molecular weight is 299 g/mol. The summed E-state index contributed by atoms with van der Waals surface area (Å²) >= 11 is 0. The third kappa shape index (κ3) is 3.46. The van der Waals surface area contributed by atoms with Gasteiger partial charge in [-0.3, -0.25) is 4.90 Å². The second kappa shape index (κ2) is 6.20. The minimum atomic E-state index is -0.563. The predicted molar refractivity (Wildman–Crippen MR) is 77.6 cm³/mol. The number of rotatable bonds is 5. The molecule has 0 atom stereocenters. The molecule has 1 fully saturated rings. The van der Waals surface area contributed by atoms with E-state index in [2.05, 4.69) is 9.88 Å². The van der Waals surface area contributed by atoms with Crippen molar-refractivity contribution in [2.24, 2.45) is 0 Å². The molecular weight excluding hydrogens is 284 g/mol. The molecule has 0 amide bonds. The van der Waals surface area contributed by atoms with Gasteiger partial charge in [0.15, 0.2) is 0 Å². The number of aromatic nitrogens is 1. The lowest BCUT2D eigenvalue weighted by Gasteiger charge is -2.22. The lowest BCUT2D eigenvalue weighted by molar-refractivity contribution is 0.242. The zero-order valence-electron chi connectivity index (χ0n) is 12.0. The fourth-order valence-electron chi connectivity index (χ4n) is 2.49. The molecule has 2 aromatic rings. The molecule has 1 aliphatic rings. The molecule has 1 aliphatic carbocycles.